The maximum atomic E-state index is 13.5. The summed E-state index contributed by atoms with van der Waals surface area (Å²) in [4.78, 5) is 16.9. The van der Waals surface area contributed by atoms with Crippen LogP contribution in [0.25, 0.3) is 0 Å². The molecule has 0 aliphatic carbocycles. The average Bonchev–Trinajstić information content (AvgIpc) is 3.21. The van der Waals surface area contributed by atoms with E-state index in [1.807, 2.05) is 29.2 Å². The Labute approximate surface area is 177 Å². The molecule has 1 heterocycles. The molecule has 2 aromatic carbocycles. The lowest BCUT2D eigenvalue weighted by molar-refractivity contribution is 0.0948. The molecule has 3 rings (SSSR count). The van der Waals surface area contributed by atoms with Gasteiger partial charge in [-0.2, -0.15) is 0 Å². The van der Waals surface area contributed by atoms with Crippen molar-refractivity contribution in [2.45, 2.75) is 39.8 Å². The number of nitrogens with one attached hydrogen (secondary N) is 1. The maximum absolute atomic E-state index is 13.5. The lowest BCUT2D eigenvalue weighted by Crippen LogP contribution is -2.31. The largest absolute Gasteiger partial charge is 0.371 e. The van der Waals surface area contributed by atoms with Gasteiger partial charge in [-0.15, -0.1) is 0 Å². The molecule has 0 radical (unpaired) electrons. The van der Waals surface area contributed by atoms with Gasteiger partial charge in [0.25, 0.3) is 5.91 Å². The molecule has 6 heteroatoms. The van der Waals surface area contributed by atoms with Gasteiger partial charge in [-0.1, -0.05) is 19.1 Å². The molecule has 1 amide bonds. The van der Waals surface area contributed by atoms with Crippen LogP contribution in [0.5, 0.6) is 0 Å². The zero-order valence-corrected chi connectivity index (χ0v) is 18.0. The van der Waals surface area contributed by atoms with E-state index in [-0.39, 0.29) is 11.8 Å². The fourth-order valence-corrected chi connectivity index (χ4v) is 3.91. The van der Waals surface area contributed by atoms with E-state index in [0.717, 1.165) is 32.1 Å². The van der Waals surface area contributed by atoms with Gasteiger partial charge in [0.2, 0.25) is 0 Å². The van der Waals surface area contributed by atoms with Crippen LogP contribution in [0.15, 0.2) is 42.5 Å². The van der Waals surface area contributed by atoms with E-state index < -0.39 is 11.6 Å². The van der Waals surface area contributed by atoms with Crippen molar-refractivity contribution in [3.05, 3.63) is 65.2 Å². The van der Waals surface area contributed by atoms with Crippen LogP contribution in [0.4, 0.5) is 14.5 Å². The number of hydrogen-bond donors (Lipinski definition) is 1. The van der Waals surface area contributed by atoms with Crippen LogP contribution in [0.2, 0.25) is 0 Å². The van der Waals surface area contributed by atoms with Gasteiger partial charge >= 0.3 is 0 Å². The highest BCUT2D eigenvalue weighted by molar-refractivity contribution is 5.94. The Balaban J connectivity index is 1.49. The van der Waals surface area contributed by atoms with E-state index >= 15 is 0 Å². The van der Waals surface area contributed by atoms with Gasteiger partial charge in [0, 0.05) is 49.5 Å². The molecule has 0 aromatic heterocycles. The summed E-state index contributed by atoms with van der Waals surface area (Å²) in [5.74, 6) is -1.46. The summed E-state index contributed by atoms with van der Waals surface area (Å²) >= 11 is 0. The van der Waals surface area contributed by atoms with Gasteiger partial charge in [-0.25, -0.2) is 8.78 Å². The molecule has 0 spiro atoms. The first-order chi connectivity index (χ1) is 14.4. The lowest BCUT2D eigenvalue weighted by atomic mass is 10.1. The van der Waals surface area contributed by atoms with Gasteiger partial charge in [0.05, 0.1) is 0 Å². The fraction of sp³-hybridized carbons (Fsp3) is 0.458. The molecule has 0 bridgehead atoms. The maximum Gasteiger partial charge on any atom is 0.251 e. The summed E-state index contributed by atoms with van der Waals surface area (Å²) in [5, 5.41) is 3.01. The van der Waals surface area contributed by atoms with Gasteiger partial charge in [0.15, 0.2) is 11.6 Å². The highest BCUT2D eigenvalue weighted by Gasteiger charge is 2.24. The number of rotatable bonds is 8. The van der Waals surface area contributed by atoms with Crippen molar-refractivity contribution in [3.8, 4) is 0 Å². The number of benzene rings is 2. The van der Waals surface area contributed by atoms with Crippen LogP contribution in [0, 0.1) is 17.6 Å². The molecule has 1 aliphatic heterocycles. The van der Waals surface area contributed by atoms with Crippen LogP contribution < -0.4 is 10.2 Å². The number of amides is 1. The first-order valence-corrected chi connectivity index (χ1v) is 10.7. The van der Waals surface area contributed by atoms with Crippen LogP contribution in [-0.4, -0.2) is 43.0 Å². The molecular formula is C24H31F2N3O. The third-order valence-electron chi connectivity index (χ3n) is 5.84. The number of carbonyl (C=O) groups excluding carboxylic acids is 1. The predicted molar refractivity (Wildman–Crippen MR) is 117 cm³/mol. The Morgan fingerprint density at radius 3 is 2.53 bits per heavy atom. The summed E-state index contributed by atoms with van der Waals surface area (Å²) in [6.45, 7) is 10.4. The van der Waals surface area contributed by atoms with Crippen LogP contribution in [0.3, 0.4) is 0 Å². The third kappa shape index (κ3) is 5.57. The van der Waals surface area contributed by atoms with E-state index in [9.17, 15) is 13.6 Å². The molecule has 0 saturated carbocycles. The third-order valence-corrected chi connectivity index (χ3v) is 5.84. The number of anilines is 1. The van der Waals surface area contributed by atoms with E-state index in [4.69, 9.17) is 0 Å². The van der Waals surface area contributed by atoms with E-state index in [2.05, 4.69) is 31.0 Å². The first-order valence-electron chi connectivity index (χ1n) is 10.7. The highest BCUT2D eigenvalue weighted by Crippen LogP contribution is 2.25. The molecule has 1 fully saturated rings. The Hall–Kier alpha value is -2.47. The Bertz CT molecular complexity index is 854. The smallest absolute Gasteiger partial charge is 0.251 e. The van der Waals surface area contributed by atoms with Gasteiger partial charge in [-0.05, 0) is 62.6 Å². The van der Waals surface area contributed by atoms with Crippen molar-refractivity contribution in [3.63, 3.8) is 0 Å². The molecular weight excluding hydrogens is 384 g/mol. The Morgan fingerprint density at radius 1 is 1.17 bits per heavy atom. The summed E-state index contributed by atoms with van der Waals surface area (Å²) in [6, 6.07) is 12.2. The molecule has 2 aromatic rings. The standard InChI is InChI=1S/C24H31F2N3O/c1-4-28(17(2)3)15-18-5-7-20(8-6-18)24(30)27-14-19-11-12-29(16-19)21-9-10-22(25)23(26)13-21/h5-10,13,17,19H,4,11-12,14-16H2,1-3H3,(H,27,30). The summed E-state index contributed by atoms with van der Waals surface area (Å²) in [6.07, 6.45) is 0.903. The van der Waals surface area contributed by atoms with Crippen molar-refractivity contribution < 1.29 is 13.6 Å². The number of nitrogens with zero attached hydrogens (tertiary/aromatic N) is 2. The Morgan fingerprint density at radius 2 is 1.90 bits per heavy atom. The highest BCUT2D eigenvalue weighted by atomic mass is 19.2. The van der Waals surface area contributed by atoms with Gasteiger partial charge in [0.1, 0.15) is 0 Å². The quantitative estimate of drug-likeness (QED) is 0.692. The van der Waals surface area contributed by atoms with Crippen molar-refractivity contribution in [2.24, 2.45) is 5.92 Å². The van der Waals surface area contributed by atoms with Gasteiger partial charge in [-0.3, -0.25) is 9.69 Å². The predicted octanol–water partition coefficient (Wildman–Crippen LogP) is 4.45. The van der Waals surface area contributed by atoms with E-state index in [1.54, 1.807) is 6.07 Å². The summed E-state index contributed by atoms with van der Waals surface area (Å²) in [5.41, 5.74) is 2.53. The first kappa shape index (κ1) is 22.2. The zero-order valence-electron chi connectivity index (χ0n) is 18.0. The van der Waals surface area contributed by atoms with Gasteiger partial charge < -0.3 is 10.2 Å². The molecule has 1 atom stereocenters. The minimum Gasteiger partial charge on any atom is -0.371 e. The zero-order chi connectivity index (χ0) is 21.7. The SMILES string of the molecule is CCN(Cc1ccc(C(=O)NCC2CCN(c3ccc(F)c(F)c3)C2)cc1)C(C)C. The van der Waals surface area contributed by atoms with Crippen molar-refractivity contribution >= 4 is 11.6 Å². The van der Waals surface area contributed by atoms with E-state index in [1.165, 1.54) is 11.6 Å². The Kier molecular flexibility index (Phi) is 7.43. The molecule has 30 heavy (non-hydrogen) atoms. The second-order valence-corrected chi connectivity index (χ2v) is 8.26. The average molecular weight is 416 g/mol. The second kappa shape index (κ2) is 10.0. The second-order valence-electron chi connectivity index (χ2n) is 8.26. The molecule has 1 unspecified atom stereocenters. The van der Waals surface area contributed by atoms with Crippen molar-refractivity contribution in [1.29, 1.82) is 0 Å². The number of carbonyl (C=O) groups is 1. The lowest BCUT2D eigenvalue weighted by Gasteiger charge is -2.24. The normalized spacial score (nSPS) is 16.5. The van der Waals surface area contributed by atoms with Crippen LogP contribution >= 0.6 is 0 Å². The van der Waals surface area contributed by atoms with Crippen LogP contribution in [0.1, 0.15) is 43.1 Å². The topological polar surface area (TPSA) is 35.6 Å². The monoisotopic (exact) mass is 415 g/mol. The molecule has 4 nitrogen and oxygen atoms in total. The fourth-order valence-electron chi connectivity index (χ4n) is 3.91. The molecule has 1 aliphatic rings. The number of hydrogen-bond acceptors (Lipinski definition) is 3. The summed E-state index contributed by atoms with van der Waals surface area (Å²) < 4.78 is 26.6. The molecule has 1 saturated heterocycles. The number of halogens is 2. The van der Waals surface area contributed by atoms with Crippen LogP contribution in [-0.2, 0) is 6.54 Å². The minimum absolute atomic E-state index is 0.0796. The summed E-state index contributed by atoms with van der Waals surface area (Å²) in [7, 11) is 0. The molecule has 162 valence electrons. The molecule has 1 N–H and O–H groups in total. The minimum atomic E-state index is -0.834. The van der Waals surface area contributed by atoms with Crippen molar-refractivity contribution in [1.82, 2.24) is 10.2 Å². The van der Waals surface area contributed by atoms with Crippen molar-refractivity contribution in [2.75, 3.05) is 31.1 Å². The van der Waals surface area contributed by atoms with E-state index in [0.29, 0.717) is 30.4 Å².